The molecule has 0 spiro atoms. The maximum Gasteiger partial charge on any atom is 0.230 e. The molecular formula is C21H19FN4OS2. The molecule has 1 amide bonds. The Hall–Kier alpha value is -2.71. The van der Waals surface area contributed by atoms with Crippen LogP contribution in [0.1, 0.15) is 19.5 Å². The van der Waals surface area contributed by atoms with Gasteiger partial charge in [0.2, 0.25) is 5.91 Å². The van der Waals surface area contributed by atoms with Crippen LogP contribution in [0.15, 0.2) is 59.1 Å². The summed E-state index contributed by atoms with van der Waals surface area (Å²) in [6.45, 7) is 4.33. The topological polar surface area (TPSA) is 51.0 Å². The molecule has 0 N–H and O–H groups in total. The molecule has 2 aromatic heterocycles. The lowest BCUT2D eigenvalue weighted by molar-refractivity contribution is -0.115. The van der Waals surface area contributed by atoms with Gasteiger partial charge in [0.25, 0.3) is 0 Å². The second kappa shape index (κ2) is 8.34. The van der Waals surface area contributed by atoms with Crippen molar-refractivity contribution in [3.05, 3.63) is 65.4 Å². The summed E-state index contributed by atoms with van der Waals surface area (Å²) in [5, 5.41) is 3.29. The Morgan fingerprint density at radius 1 is 1.17 bits per heavy atom. The van der Waals surface area contributed by atoms with Crippen LogP contribution in [0, 0.1) is 5.82 Å². The highest BCUT2D eigenvalue weighted by molar-refractivity contribution is 7.98. The Labute approximate surface area is 176 Å². The van der Waals surface area contributed by atoms with Crippen LogP contribution in [0.4, 0.5) is 15.2 Å². The average molecular weight is 427 g/mol. The van der Waals surface area contributed by atoms with E-state index in [2.05, 4.69) is 22.5 Å². The van der Waals surface area contributed by atoms with Crippen LogP contribution >= 0.6 is 23.1 Å². The SMILES string of the molecule is CCn1c(SCc2csc(N(C(C)=O)c3ccccc3F)n2)nc2ccccc21. The molecule has 0 atom stereocenters. The van der Waals surface area contributed by atoms with Gasteiger partial charge in [-0.15, -0.1) is 11.3 Å². The number of thioether (sulfide) groups is 1. The van der Waals surface area contributed by atoms with Crippen molar-refractivity contribution < 1.29 is 9.18 Å². The third-order valence-electron chi connectivity index (χ3n) is 4.42. The number of imidazole rings is 1. The van der Waals surface area contributed by atoms with Gasteiger partial charge in [-0.05, 0) is 31.2 Å². The van der Waals surface area contributed by atoms with Gasteiger partial charge in [0.05, 0.1) is 22.4 Å². The summed E-state index contributed by atoms with van der Waals surface area (Å²) in [6, 6.07) is 14.3. The highest BCUT2D eigenvalue weighted by atomic mass is 32.2. The molecule has 0 radical (unpaired) electrons. The van der Waals surface area contributed by atoms with Gasteiger partial charge in [0.1, 0.15) is 5.82 Å². The predicted molar refractivity (Wildman–Crippen MR) is 116 cm³/mol. The molecule has 4 aromatic rings. The molecule has 0 saturated carbocycles. The molecule has 4 rings (SSSR count). The summed E-state index contributed by atoms with van der Waals surface area (Å²) in [4.78, 5) is 22.8. The quantitative estimate of drug-likeness (QED) is 0.375. The second-order valence-corrected chi connectivity index (χ2v) is 8.12. The molecule has 0 unspecified atom stereocenters. The van der Waals surface area contributed by atoms with E-state index in [-0.39, 0.29) is 11.6 Å². The van der Waals surface area contributed by atoms with E-state index in [4.69, 9.17) is 4.98 Å². The summed E-state index contributed by atoms with van der Waals surface area (Å²) >= 11 is 2.93. The molecular weight excluding hydrogens is 407 g/mol. The lowest BCUT2D eigenvalue weighted by Gasteiger charge is -2.18. The van der Waals surface area contributed by atoms with Crippen molar-refractivity contribution in [1.82, 2.24) is 14.5 Å². The van der Waals surface area contributed by atoms with Gasteiger partial charge >= 0.3 is 0 Å². The number of nitrogens with zero attached hydrogens (tertiary/aromatic N) is 4. The number of carbonyl (C=O) groups excluding carboxylic acids is 1. The average Bonchev–Trinajstić information content (AvgIpc) is 3.31. The predicted octanol–water partition coefficient (Wildman–Crippen LogP) is 5.63. The number of aromatic nitrogens is 3. The van der Waals surface area contributed by atoms with Crippen molar-refractivity contribution in [1.29, 1.82) is 0 Å². The van der Waals surface area contributed by atoms with Crippen LogP contribution in [-0.2, 0) is 17.1 Å². The summed E-state index contributed by atoms with van der Waals surface area (Å²) in [5.41, 5.74) is 3.12. The Balaban J connectivity index is 1.57. The largest absolute Gasteiger partial charge is 0.319 e. The summed E-state index contributed by atoms with van der Waals surface area (Å²) in [5.74, 6) is -0.120. The molecule has 148 valence electrons. The second-order valence-electron chi connectivity index (χ2n) is 6.34. The van der Waals surface area contributed by atoms with Crippen molar-refractivity contribution in [3.8, 4) is 0 Å². The zero-order valence-electron chi connectivity index (χ0n) is 16.0. The van der Waals surface area contributed by atoms with Crippen molar-refractivity contribution in [2.45, 2.75) is 31.3 Å². The molecule has 0 saturated heterocycles. The minimum atomic E-state index is -0.453. The first-order valence-electron chi connectivity index (χ1n) is 9.16. The number of benzene rings is 2. The molecule has 0 aliphatic carbocycles. The van der Waals surface area contributed by atoms with E-state index in [9.17, 15) is 9.18 Å². The van der Waals surface area contributed by atoms with Gasteiger partial charge in [-0.3, -0.25) is 9.69 Å². The normalized spacial score (nSPS) is 11.1. The number of aryl methyl sites for hydroxylation is 1. The lowest BCUT2D eigenvalue weighted by Crippen LogP contribution is -2.23. The molecule has 5 nitrogen and oxygen atoms in total. The molecule has 0 bridgehead atoms. The van der Waals surface area contributed by atoms with Gasteiger partial charge in [0.15, 0.2) is 10.3 Å². The van der Waals surface area contributed by atoms with E-state index in [1.807, 2.05) is 23.6 Å². The highest BCUT2D eigenvalue weighted by Crippen LogP contribution is 2.33. The standard InChI is InChI=1S/C21H19FN4OS2/c1-3-25-19-11-7-5-9-17(19)24-20(25)28-12-15-13-29-21(23-15)26(14(2)27)18-10-6-4-8-16(18)22/h4-11,13H,3,12H2,1-2H3. The maximum absolute atomic E-state index is 14.2. The Morgan fingerprint density at radius 2 is 1.93 bits per heavy atom. The number of fused-ring (bicyclic) bond motifs is 1. The van der Waals surface area contributed by atoms with E-state index in [0.29, 0.717) is 10.9 Å². The maximum atomic E-state index is 14.2. The number of amides is 1. The monoisotopic (exact) mass is 426 g/mol. The van der Waals surface area contributed by atoms with Gasteiger partial charge in [-0.25, -0.2) is 14.4 Å². The zero-order chi connectivity index (χ0) is 20.4. The van der Waals surface area contributed by atoms with Crippen molar-refractivity contribution in [2.75, 3.05) is 4.90 Å². The summed E-state index contributed by atoms with van der Waals surface area (Å²) in [6.07, 6.45) is 0. The fraction of sp³-hybridized carbons (Fsp3) is 0.190. The summed E-state index contributed by atoms with van der Waals surface area (Å²) in [7, 11) is 0. The molecule has 2 aromatic carbocycles. The molecule has 29 heavy (non-hydrogen) atoms. The number of thiazole rings is 1. The van der Waals surface area contributed by atoms with E-state index < -0.39 is 5.82 Å². The van der Waals surface area contributed by atoms with Crippen molar-refractivity contribution >= 4 is 50.9 Å². The zero-order valence-corrected chi connectivity index (χ0v) is 17.6. The van der Waals surface area contributed by atoms with Crippen LogP contribution in [0.25, 0.3) is 11.0 Å². The molecule has 0 aliphatic rings. The first-order chi connectivity index (χ1) is 14.1. The Morgan fingerprint density at radius 3 is 2.69 bits per heavy atom. The van der Waals surface area contributed by atoms with Gasteiger partial charge in [-0.2, -0.15) is 0 Å². The molecule has 8 heteroatoms. The number of para-hydroxylation sites is 3. The molecule has 0 aliphatic heterocycles. The summed E-state index contributed by atoms with van der Waals surface area (Å²) < 4.78 is 16.4. The highest BCUT2D eigenvalue weighted by Gasteiger charge is 2.21. The first kappa shape index (κ1) is 19.6. The third kappa shape index (κ3) is 3.90. The fourth-order valence-corrected chi connectivity index (χ4v) is 5.07. The van der Waals surface area contributed by atoms with Crippen LogP contribution < -0.4 is 4.90 Å². The van der Waals surface area contributed by atoms with E-state index in [1.54, 1.807) is 30.0 Å². The minimum absolute atomic E-state index is 0.210. The third-order valence-corrected chi connectivity index (χ3v) is 6.31. The first-order valence-corrected chi connectivity index (χ1v) is 11.0. The van der Waals surface area contributed by atoms with Crippen molar-refractivity contribution in [2.24, 2.45) is 0 Å². The number of halogens is 1. The molecule has 0 fully saturated rings. The van der Waals surface area contributed by atoms with Crippen LogP contribution in [0.3, 0.4) is 0 Å². The van der Waals surface area contributed by atoms with E-state index >= 15 is 0 Å². The lowest BCUT2D eigenvalue weighted by atomic mass is 10.3. The Kier molecular flexibility index (Phi) is 5.64. The minimum Gasteiger partial charge on any atom is -0.319 e. The van der Waals surface area contributed by atoms with Gasteiger partial charge in [-0.1, -0.05) is 36.0 Å². The number of hydrogen-bond donors (Lipinski definition) is 0. The van der Waals surface area contributed by atoms with Gasteiger partial charge < -0.3 is 4.57 Å². The number of hydrogen-bond acceptors (Lipinski definition) is 5. The molecule has 2 heterocycles. The van der Waals surface area contributed by atoms with Gasteiger partial charge in [0, 0.05) is 24.6 Å². The number of carbonyl (C=O) groups is 1. The fourth-order valence-electron chi connectivity index (χ4n) is 3.11. The Bertz CT molecular complexity index is 1170. The van der Waals surface area contributed by atoms with Crippen LogP contribution in [-0.4, -0.2) is 20.4 Å². The van der Waals surface area contributed by atoms with Crippen LogP contribution in [0.2, 0.25) is 0 Å². The number of anilines is 2. The van der Waals surface area contributed by atoms with Crippen LogP contribution in [0.5, 0.6) is 0 Å². The smallest absolute Gasteiger partial charge is 0.230 e. The van der Waals surface area contributed by atoms with E-state index in [0.717, 1.165) is 28.4 Å². The van der Waals surface area contributed by atoms with Crippen molar-refractivity contribution in [3.63, 3.8) is 0 Å². The van der Waals surface area contributed by atoms with E-state index in [1.165, 1.54) is 29.2 Å². The number of rotatable bonds is 6.